The maximum atomic E-state index is 5.60. The van der Waals surface area contributed by atoms with E-state index in [0.717, 1.165) is 44.4 Å². The summed E-state index contributed by atoms with van der Waals surface area (Å²) in [6.45, 7) is 5.91. The Morgan fingerprint density at radius 3 is 2.52 bits per heavy atom. The number of anilines is 1. The number of hydrogen-bond donors (Lipinski definition) is 1. The minimum Gasteiger partial charge on any atom is -0.491 e. The minimum absolute atomic E-state index is 0.568. The van der Waals surface area contributed by atoms with E-state index in [1.54, 1.807) is 18.4 Å². The molecule has 0 aliphatic carbocycles. The van der Waals surface area contributed by atoms with Gasteiger partial charge in [-0.05, 0) is 35.2 Å². The first kappa shape index (κ1) is 19.5. The average Bonchev–Trinajstić information content (AvgIpc) is 3.25. The highest BCUT2D eigenvalue weighted by atomic mass is 32.1. The van der Waals surface area contributed by atoms with Crippen LogP contribution >= 0.6 is 11.3 Å². The molecule has 1 aliphatic rings. The van der Waals surface area contributed by atoms with Gasteiger partial charge in [0.2, 0.25) is 0 Å². The molecule has 0 bridgehead atoms. The fourth-order valence-corrected chi connectivity index (χ4v) is 3.83. The summed E-state index contributed by atoms with van der Waals surface area (Å²) in [5.41, 5.74) is 1.20. The summed E-state index contributed by atoms with van der Waals surface area (Å²) >= 11 is 1.80. The largest absolute Gasteiger partial charge is 0.491 e. The van der Waals surface area contributed by atoms with E-state index in [-0.39, 0.29) is 0 Å². The molecule has 0 atom stereocenters. The van der Waals surface area contributed by atoms with Gasteiger partial charge in [0.15, 0.2) is 5.96 Å². The molecule has 0 radical (unpaired) electrons. The molecule has 27 heavy (non-hydrogen) atoms. The summed E-state index contributed by atoms with van der Waals surface area (Å²) in [7, 11) is 3.52. The molecule has 1 aromatic carbocycles. The van der Waals surface area contributed by atoms with Crippen molar-refractivity contribution in [2.24, 2.45) is 4.99 Å². The Morgan fingerprint density at radius 1 is 1.11 bits per heavy atom. The molecule has 0 saturated carbocycles. The van der Waals surface area contributed by atoms with Gasteiger partial charge in [-0.25, -0.2) is 0 Å². The fourth-order valence-electron chi connectivity index (χ4n) is 3.05. The zero-order valence-corrected chi connectivity index (χ0v) is 16.9. The van der Waals surface area contributed by atoms with Crippen molar-refractivity contribution in [1.29, 1.82) is 0 Å². The number of guanidine groups is 1. The molecule has 2 aromatic rings. The van der Waals surface area contributed by atoms with Crippen LogP contribution in [-0.4, -0.2) is 64.4 Å². The van der Waals surface area contributed by atoms with E-state index in [4.69, 9.17) is 9.47 Å². The fraction of sp³-hybridized carbons (Fsp3) is 0.450. The quantitative estimate of drug-likeness (QED) is 0.449. The highest BCUT2D eigenvalue weighted by Crippen LogP contribution is 2.22. The van der Waals surface area contributed by atoms with Crippen LogP contribution in [0.15, 0.2) is 46.8 Å². The number of hydrogen-bond acceptors (Lipinski definition) is 5. The zero-order valence-electron chi connectivity index (χ0n) is 16.1. The average molecular weight is 389 g/mol. The van der Waals surface area contributed by atoms with Gasteiger partial charge in [0, 0.05) is 46.9 Å². The molecule has 0 spiro atoms. The third kappa shape index (κ3) is 5.61. The second-order valence-electron chi connectivity index (χ2n) is 6.31. The molecule has 7 heteroatoms. The third-order valence-corrected chi connectivity index (χ3v) is 5.47. The summed E-state index contributed by atoms with van der Waals surface area (Å²) < 4.78 is 10.6. The van der Waals surface area contributed by atoms with E-state index < -0.39 is 0 Å². The van der Waals surface area contributed by atoms with Crippen molar-refractivity contribution in [3.8, 4) is 5.75 Å². The number of benzene rings is 1. The topological polar surface area (TPSA) is 49.3 Å². The van der Waals surface area contributed by atoms with Crippen LogP contribution in [0.3, 0.4) is 0 Å². The van der Waals surface area contributed by atoms with Crippen molar-refractivity contribution in [3.63, 3.8) is 0 Å². The lowest BCUT2D eigenvalue weighted by atomic mass is 10.2. The molecule has 2 heterocycles. The second kappa shape index (κ2) is 10.2. The zero-order chi connectivity index (χ0) is 18.9. The first-order valence-electron chi connectivity index (χ1n) is 9.25. The highest BCUT2D eigenvalue weighted by Gasteiger charge is 2.20. The maximum absolute atomic E-state index is 5.60. The third-order valence-electron chi connectivity index (χ3n) is 4.54. The van der Waals surface area contributed by atoms with Gasteiger partial charge in [-0.2, -0.15) is 0 Å². The van der Waals surface area contributed by atoms with Gasteiger partial charge in [0.25, 0.3) is 0 Å². The van der Waals surface area contributed by atoms with E-state index in [9.17, 15) is 0 Å². The van der Waals surface area contributed by atoms with E-state index in [2.05, 4.69) is 49.8 Å². The number of nitrogens with one attached hydrogen (secondary N) is 1. The number of nitrogens with zero attached hydrogens (tertiary/aromatic N) is 3. The van der Waals surface area contributed by atoms with Gasteiger partial charge >= 0.3 is 0 Å². The highest BCUT2D eigenvalue weighted by molar-refractivity contribution is 7.14. The van der Waals surface area contributed by atoms with E-state index in [0.29, 0.717) is 13.2 Å². The monoisotopic (exact) mass is 388 g/mol. The van der Waals surface area contributed by atoms with Crippen molar-refractivity contribution in [2.75, 3.05) is 58.5 Å². The Bertz CT molecular complexity index is 695. The van der Waals surface area contributed by atoms with Crippen LogP contribution in [0.25, 0.3) is 0 Å². The van der Waals surface area contributed by atoms with Crippen LogP contribution in [-0.2, 0) is 11.3 Å². The maximum Gasteiger partial charge on any atom is 0.194 e. The molecule has 6 nitrogen and oxygen atoms in total. The van der Waals surface area contributed by atoms with Crippen LogP contribution < -0.4 is 15.0 Å². The normalized spacial score (nSPS) is 15.1. The second-order valence-corrected chi connectivity index (χ2v) is 7.24. The first-order valence-corrected chi connectivity index (χ1v) is 10.1. The lowest BCUT2D eigenvalue weighted by Crippen LogP contribution is -2.52. The van der Waals surface area contributed by atoms with Crippen molar-refractivity contribution in [1.82, 2.24) is 10.2 Å². The number of thiophene rings is 1. The van der Waals surface area contributed by atoms with Crippen LogP contribution in [0, 0.1) is 0 Å². The van der Waals surface area contributed by atoms with Crippen LogP contribution in [0.1, 0.15) is 5.56 Å². The SMILES string of the molecule is CN=C(NCc1ccc(OCCOC)cc1)N1CCN(c2cccs2)CC1. The number of rotatable bonds is 7. The van der Waals surface area contributed by atoms with Crippen molar-refractivity contribution < 1.29 is 9.47 Å². The molecule has 1 N–H and O–H groups in total. The van der Waals surface area contributed by atoms with E-state index >= 15 is 0 Å². The summed E-state index contributed by atoms with van der Waals surface area (Å²) in [4.78, 5) is 9.23. The molecule has 0 amide bonds. The van der Waals surface area contributed by atoms with Gasteiger partial charge in [-0.3, -0.25) is 4.99 Å². The first-order chi connectivity index (χ1) is 13.3. The molecule has 1 aliphatic heterocycles. The number of piperazine rings is 1. The molecule has 3 rings (SSSR count). The number of ether oxygens (including phenoxy) is 2. The number of methoxy groups -OCH3 is 1. The molecular weight excluding hydrogens is 360 g/mol. The summed E-state index contributed by atoms with van der Waals surface area (Å²) in [6.07, 6.45) is 0. The smallest absolute Gasteiger partial charge is 0.194 e. The summed E-state index contributed by atoms with van der Waals surface area (Å²) in [6, 6.07) is 12.5. The van der Waals surface area contributed by atoms with Crippen molar-refractivity contribution in [3.05, 3.63) is 47.3 Å². The Kier molecular flexibility index (Phi) is 7.36. The molecule has 1 fully saturated rings. The Labute approximate surface area is 165 Å². The molecule has 146 valence electrons. The van der Waals surface area contributed by atoms with Gasteiger partial charge in [0.1, 0.15) is 12.4 Å². The number of aliphatic imine (C=N–C) groups is 1. The molecule has 0 unspecified atom stereocenters. The lowest BCUT2D eigenvalue weighted by Gasteiger charge is -2.37. The van der Waals surface area contributed by atoms with Crippen molar-refractivity contribution >= 4 is 22.3 Å². The lowest BCUT2D eigenvalue weighted by molar-refractivity contribution is 0.146. The summed E-state index contributed by atoms with van der Waals surface area (Å²) in [5, 5.41) is 6.96. The predicted molar refractivity (Wildman–Crippen MR) is 112 cm³/mol. The predicted octanol–water partition coefficient (Wildman–Crippen LogP) is 2.67. The van der Waals surface area contributed by atoms with Crippen LogP contribution in [0.2, 0.25) is 0 Å². The van der Waals surface area contributed by atoms with E-state index in [1.807, 2.05) is 19.2 Å². The van der Waals surface area contributed by atoms with E-state index in [1.165, 1.54) is 10.6 Å². The van der Waals surface area contributed by atoms with Crippen LogP contribution in [0.4, 0.5) is 5.00 Å². The van der Waals surface area contributed by atoms with Gasteiger partial charge in [0.05, 0.1) is 11.6 Å². The van der Waals surface area contributed by atoms with Crippen LogP contribution in [0.5, 0.6) is 5.75 Å². The summed E-state index contributed by atoms with van der Waals surface area (Å²) in [5.74, 6) is 1.83. The van der Waals surface area contributed by atoms with Gasteiger partial charge in [-0.15, -0.1) is 11.3 Å². The van der Waals surface area contributed by atoms with Gasteiger partial charge in [-0.1, -0.05) is 12.1 Å². The standard InChI is InChI=1S/C20H28N4O2S/c1-21-20(24-11-9-23(10-12-24)19-4-3-15-27-19)22-16-17-5-7-18(8-6-17)26-14-13-25-2/h3-8,15H,9-14,16H2,1-2H3,(H,21,22). The molecular formula is C20H28N4O2S. The van der Waals surface area contributed by atoms with Crippen molar-refractivity contribution in [2.45, 2.75) is 6.54 Å². The Balaban J connectivity index is 1.45. The van der Waals surface area contributed by atoms with Gasteiger partial charge < -0.3 is 24.6 Å². The Morgan fingerprint density at radius 2 is 1.89 bits per heavy atom. The minimum atomic E-state index is 0.568. The molecule has 1 saturated heterocycles. The molecule has 1 aromatic heterocycles. The Hall–Kier alpha value is -2.25.